The SMILES string of the molecule is CCN1C(=O)CC(Nc2ccc(I)cc2)C1=O. The third-order valence-electron chi connectivity index (χ3n) is 2.75. The van der Waals surface area contributed by atoms with Gasteiger partial charge in [0.15, 0.2) is 0 Å². The summed E-state index contributed by atoms with van der Waals surface area (Å²) in [5.41, 5.74) is 0.870. The number of likely N-dealkylation sites (N-methyl/N-ethyl adjacent to an activating group) is 1. The molecule has 2 amide bonds. The Morgan fingerprint density at radius 3 is 2.53 bits per heavy atom. The van der Waals surface area contributed by atoms with Gasteiger partial charge in [0, 0.05) is 15.8 Å². The Bertz CT molecular complexity index is 444. The number of amides is 2. The van der Waals surface area contributed by atoms with Crippen molar-refractivity contribution in [1.29, 1.82) is 0 Å². The lowest BCUT2D eigenvalue weighted by Gasteiger charge is -2.14. The fraction of sp³-hybridized carbons (Fsp3) is 0.333. The summed E-state index contributed by atoms with van der Waals surface area (Å²) in [6.45, 7) is 2.26. The van der Waals surface area contributed by atoms with Crippen LogP contribution in [0.15, 0.2) is 24.3 Å². The Hall–Kier alpha value is -1.11. The first-order valence-corrected chi connectivity index (χ1v) is 6.56. The molecular formula is C12H13IN2O2. The molecule has 0 aliphatic carbocycles. The molecule has 0 saturated carbocycles. The van der Waals surface area contributed by atoms with Crippen molar-refractivity contribution in [3.63, 3.8) is 0 Å². The van der Waals surface area contributed by atoms with Crippen molar-refractivity contribution in [2.75, 3.05) is 11.9 Å². The summed E-state index contributed by atoms with van der Waals surface area (Å²) in [7, 11) is 0. The molecule has 1 fully saturated rings. The van der Waals surface area contributed by atoms with Crippen molar-refractivity contribution in [3.8, 4) is 0 Å². The second-order valence-electron chi connectivity index (χ2n) is 3.88. The highest BCUT2D eigenvalue weighted by Crippen LogP contribution is 2.18. The van der Waals surface area contributed by atoms with Gasteiger partial charge in [-0.2, -0.15) is 0 Å². The molecule has 1 unspecified atom stereocenters. The summed E-state index contributed by atoms with van der Waals surface area (Å²) in [6, 6.07) is 7.33. The molecule has 0 bridgehead atoms. The van der Waals surface area contributed by atoms with Crippen molar-refractivity contribution in [1.82, 2.24) is 4.90 Å². The summed E-state index contributed by atoms with van der Waals surface area (Å²) < 4.78 is 1.14. The van der Waals surface area contributed by atoms with Crippen molar-refractivity contribution < 1.29 is 9.59 Å². The molecule has 17 heavy (non-hydrogen) atoms. The lowest BCUT2D eigenvalue weighted by atomic mass is 10.2. The van der Waals surface area contributed by atoms with Crippen LogP contribution in [0, 0.1) is 3.57 Å². The molecule has 1 aliphatic heterocycles. The highest BCUT2D eigenvalue weighted by atomic mass is 127. The van der Waals surface area contributed by atoms with Gasteiger partial charge in [0.2, 0.25) is 5.91 Å². The molecule has 1 aromatic carbocycles. The molecule has 1 atom stereocenters. The monoisotopic (exact) mass is 344 g/mol. The predicted molar refractivity (Wildman–Crippen MR) is 73.6 cm³/mol. The Morgan fingerprint density at radius 2 is 2.00 bits per heavy atom. The summed E-state index contributed by atoms with van der Waals surface area (Å²) in [4.78, 5) is 24.7. The number of carbonyl (C=O) groups is 2. The van der Waals surface area contributed by atoms with E-state index in [1.165, 1.54) is 4.90 Å². The van der Waals surface area contributed by atoms with Gasteiger partial charge in [-0.1, -0.05) is 0 Å². The van der Waals surface area contributed by atoms with Crippen LogP contribution in [0.1, 0.15) is 13.3 Å². The minimum atomic E-state index is -0.414. The summed E-state index contributed by atoms with van der Waals surface area (Å²) in [5, 5.41) is 3.10. The summed E-state index contributed by atoms with van der Waals surface area (Å²) in [6.07, 6.45) is 0.249. The second kappa shape index (κ2) is 5.03. The van der Waals surface area contributed by atoms with Crippen LogP contribution in [-0.4, -0.2) is 29.3 Å². The molecule has 1 saturated heterocycles. The Balaban J connectivity index is 2.08. The van der Waals surface area contributed by atoms with Crippen LogP contribution in [-0.2, 0) is 9.59 Å². The minimum absolute atomic E-state index is 0.0967. The number of nitrogens with zero attached hydrogens (tertiary/aromatic N) is 1. The van der Waals surface area contributed by atoms with Crippen molar-refractivity contribution >= 4 is 40.1 Å². The van der Waals surface area contributed by atoms with Gasteiger partial charge in [-0.25, -0.2) is 0 Å². The molecule has 1 aromatic rings. The van der Waals surface area contributed by atoms with Crippen LogP contribution in [0.3, 0.4) is 0 Å². The van der Waals surface area contributed by atoms with Gasteiger partial charge in [0.05, 0.1) is 6.42 Å². The van der Waals surface area contributed by atoms with Crippen LogP contribution in [0.4, 0.5) is 5.69 Å². The summed E-state index contributed by atoms with van der Waals surface area (Å²) >= 11 is 2.22. The maximum absolute atomic E-state index is 11.9. The van der Waals surface area contributed by atoms with E-state index in [0.29, 0.717) is 6.54 Å². The van der Waals surface area contributed by atoms with E-state index < -0.39 is 6.04 Å². The Morgan fingerprint density at radius 1 is 1.35 bits per heavy atom. The van der Waals surface area contributed by atoms with Gasteiger partial charge in [-0.3, -0.25) is 14.5 Å². The molecule has 0 aromatic heterocycles. The number of anilines is 1. The molecule has 1 N–H and O–H groups in total. The average molecular weight is 344 g/mol. The van der Waals surface area contributed by atoms with Gasteiger partial charge in [0.1, 0.15) is 6.04 Å². The van der Waals surface area contributed by atoms with Crippen LogP contribution in [0.2, 0.25) is 0 Å². The third-order valence-corrected chi connectivity index (χ3v) is 3.46. The van der Waals surface area contributed by atoms with E-state index in [4.69, 9.17) is 0 Å². The average Bonchev–Trinajstić information content (AvgIpc) is 2.57. The van der Waals surface area contributed by atoms with Crippen LogP contribution in [0.25, 0.3) is 0 Å². The number of likely N-dealkylation sites (tertiary alicyclic amines) is 1. The predicted octanol–water partition coefficient (Wildman–Crippen LogP) is 1.85. The van der Waals surface area contributed by atoms with Gasteiger partial charge < -0.3 is 5.32 Å². The van der Waals surface area contributed by atoms with Crippen LogP contribution >= 0.6 is 22.6 Å². The lowest BCUT2D eigenvalue weighted by Crippen LogP contribution is -2.34. The zero-order chi connectivity index (χ0) is 12.4. The number of hydrogen-bond donors (Lipinski definition) is 1. The highest BCUT2D eigenvalue weighted by molar-refractivity contribution is 14.1. The molecule has 4 nitrogen and oxygen atoms in total. The topological polar surface area (TPSA) is 49.4 Å². The molecule has 0 spiro atoms. The third kappa shape index (κ3) is 2.59. The molecule has 1 heterocycles. The molecule has 0 radical (unpaired) electrons. The number of hydrogen-bond acceptors (Lipinski definition) is 3. The largest absolute Gasteiger partial charge is 0.373 e. The first kappa shape index (κ1) is 12.3. The normalized spacial score (nSPS) is 19.9. The lowest BCUT2D eigenvalue weighted by molar-refractivity contribution is -0.138. The zero-order valence-corrected chi connectivity index (χ0v) is 11.6. The number of rotatable bonds is 3. The number of halogens is 1. The fourth-order valence-electron chi connectivity index (χ4n) is 1.88. The fourth-order valence-corrected chi connectivity index (χ4v) is 2.23. The standard InChI is InChI=1S/C12H13IN2O2/c1-2-15-11(16)7-10(12(15)17)14-9-5-3-8(13)4-6-9/h3-6,10,14H,2,7H2,1H3. The highest BCUT2D eigenvalue weighted by Gasteiger charge is 2.37. The number of carbonyl (C=O) groups excluding carboxylic acids is 2. The molecule has 1 aliphatic rings. The first-order chi connectivity index (χ1) is 8.11. The number of benzene rings is 1. The van der Waals surface area contributed by atoms with E-state index in [2.05, 4.69) is 27.9 Å². The van der Waals surface area contributed by atoms with Crippen molar-refractivity contribution in [2.24, 2.45) is 0 Å². The van der Waals surface area contributed by atoms with Crippen LogP contribution < -0.4 is 5.32 Å². The van der Waals surface area contributed by atoms with Crippen molar-refractivity contribution in [2.45, 2.75) is 19.4 Å². The van der Waals surface area contributed by atoms with Gasteiger partial charge >= 0.3 is 0 Å². The zero-order valence-electron chi connectivity index (χ0n) is 9.44. The van der Waals surface area contributed by atoms with E-state index in [1.807, 2.05) is 31.2 Å². The van der Waals surface area contributed by atoms with E-state index in [9.17, 15) is 9.59 Å². The van der Waals surface area contributed by atoms with Gasteiger partial charge in [-0.15, -0.1) is 0 Å². The van der Waals surface area contributed by atoms with E-state index in [1.54, 1.807) is 0 Å². The van der Waals surface area contributed by atoms with Crippen molar-refractivity contribution in [3.05, 3.63) is 27.8 Å². The van der Waals surface area contributed by atoms with E-state index in [0.717, 1.165) is 9.26 Å². The van der Waals surface area contributed by atoms with Gasteiger partial charge in [0.25, 0.3) is 5.91 Å². The first-order valence-electron chi connectivity index (χ1n) is 5.48. The van der Waals surface area contributed by atoms with Crippen LogP contribution in [0.5, 0.6) is 0 Å². The molecule has 90 valence electrons. The summed E-state index contributed by atoms with van der Waals surface area (Å²) in [5.74, 6) is -0.225. The van der Waals surface area contributed by atoms with Gasteiger partial charge in [-0.05, 0) is 53.8 Å². The maximum atomic E-state index is 11.9. The number of imide groups is 1. The molecule has 2 rings (SSSR count). The quantitative estimate of drug-likeness (QED) is 0.673. The second-order valence-corrected chi connectivity index (χ2v) is 5.13. The smallest absolute Gasteiger partial charge is 0.252 e. The number of nitrogens with one attached hydrogen (secondary N) is 1. The van der Waals surface area contributed by atoms with E-state index in [-0.39, 0.29) is 18.2 Å². The van der Waals surface area contributed by atoms with E-state index >= 15 is 0 Å². The Kier molecular flexibility index (Phi) is 3.66. The Labute approximate surface area is 114 Å². The minimum Gasteiger partial charge on any atom is -0.373 e. The molecule has 5 heteroatoms. The maximum Gasteiger partial charge on any atom is 0.252 e. The molecular weight excluding hydrogens is 331 g/mol.